The number of nitro benzene ring substituents is 1. The third kappa shape index (κ3) is 5.52. The van der Waals surface area contributed by atoms with E-state index in [1.807, 2.05) is 12.1 Å². The molecule has 36 heavy (non-hydrogen) atoms. The van der Waals surface area contributed by atoms with Crippen molar-refractivity contribution < 1.29 is 19.1 Å². The second kappa shape index (κ2) is 10.8. The molecule has 3 aromatic carbocycles. The molecule has 0 saturated heterocycles. The zero-order valence-corrected chi connectivity index (χ0v) is 21.6. The Hall–Kier alpha value is -3.85. The van der Waals surface area contributed by atoms with Crippen molar-refractivity contribution >= 4 is 28.7 Å². The van der Waals surface area contributed by atoms with Gasteiger partial charge in [-0.25, -0.2) is 0 Å². The lowest BCUT2D eigenvalue weighted by Crippen LogP contribution is -2.44. The molecule has 3 aromatic rings. The molecule has 0 bridgehead atoms. The smallest absolute Gasteiger partial charge is 0.269 e. The Balaban J connectivity index is 1.64. The molecule has 1 aliphatic rings. The summed E-state index contributed by atoms with van der Waals surface area (Å²) in [6.07, 6.45) is 0.776. The van der Waals surface area contributed by atoms with Crippen LogP contribution in [0, 0.1) is 24.0 Å². The molecule has 1 aliphatic heterocycles. The summed E-state index contributed by atoms with van der Waals surface area (Å²) >= 11 is 5.86. The monoisotopic (exact) mass is 507 g/mol. The van der Waals surface area contributed by atoms with Crippen molar-refractivity contribution in [1.82, 2.24) is 4.90 Å². The molecule has 0 spiro atoms. The predicted octanol–water partition coefficient (Wildman–Crippen LogP) is 5.60. The van der Waals surface area contributed by atoms with Crippen LogP contribution in [0.25, 0.3) is 0 Å². The molecule has 1 N–H and O–H groups in total. The molecule has 1 heterocycles. The van der Waals surface area contributed by atoms with Crippen LogP contribution < -0.4 is 19.5 Å². The molecular formula is C27H29N3O5S. The number of nitrogens with zero attached hydrogens (tertiary/aromatic N) is 2. The van der Waals surface area contributed by atoms with Crippen molar-refractivity contribution in [3.8, 4) is 17.2 Å². The second-order valence-corrected chi connectivity index (χ2v) is 9.12. The fourth-order valence-corrected chi connectivity index (χ4v) is 4.87. The zero-order valence-electron chi connectivity index (χ0n) is 20.7. The second-order valence-electron chi connectivity index (χ2n) is 8.73. The van der Waals surface area contributed by atoms with Crippen molar-refractivity contribution in [3.05, 3.63) is 87.0 Å². The van der Waals surface area contributed by atoms with E-state index in [2.05, 4.69) is 42.3 Å². The van der Waals surface area contributed by atoms with Crippen LogP contribution in [-0.4, -0.2) is 42.3 Å². The Morgan fingerprint density at radius 3 is 2.31 bits per heavy atom. The SMILES string of the molecule is COc1cc2c(cc1OC)C(COc1ccc([N+](=O)[O-])cc1)N(C(=S)Nc1cc(C)cc(C)c1)CC2. The van der Waals surface area contributed by atoms with Crippen molar-refractivity contribution in [3.63, 3.8) is 0 Å². The molecule has 9 heteroatoms. The number of methoxy groups -OCH3 is 2. The Labute approximate surface area is 215 Å². The Morgan fingerprint density at radius 2 is 1.69 bits per heavy atom. The van der Waals surface area contributed by atoms with Crippen molar-refractivity contribution in [2.24, 2.45) is 0 Å². The largest absolute Gasteiger partial charge is 0.493 e. The van der Waals surface area contributed by atoms with E-state index in [9.17, 15) is 10.1 Å². The number of hydrogen-bond acceptors (Lipinski definition) is 6. The van der Waals surface area contributed by atoms with Crippen LogP contribution in [0.2, 0.25) is 0 Å². The normalized spacial score (nSPS) is 14.6. The Bertz CT molecular complexity index is 1260. The van der Waals surface area contributed by atoms with E-state index < -0.39 is 4.92 Å². The number of hydrogen-bond donors (Lipinski definition) is 1. The van der Waals surface area contributed by atoms with E-state index in [0.29, 0.717) is 28.9 Å². The third-order valence-electron chi connectivity index (χ3n) is 6.19. The first-order chi connectivity index (χ1) is 17.3. The first-order valence-corrected chi connectivity index (χ1v) is 12.0. The summed E-state index contributed by atoms with van der Waals surface area (Å²) in [5, 5.41) is 15.0. The minimum atomic E-state index is -0.431. The van der Waals surface area contributed by atoms with E-state index in [1.165, 1.54) is 12.1 Å². The molecule has 188 valence electrons. The maximum atomic E-state index is 11.0. The summed E-state index contributed by atoms with van der Waals surface area (Å²) in [6, 6.07) is 16.1. The lowest BCUT2D eigenvalue weighted by molar-refractivity contribution is -0.384. The van der Waals surface area contributed by atoms with Crippen molar-refractivity contribution in [2.75, 3.05) is 32.7 Å². The number of fused-ring (bicyclic) bond motifs is 1. The van der Waals surface area contributed by atoms with Crippen molar-refractivity contribution in [2.45, 2.75) is 26.3 Å². The van der Waals surface area contributed by atoms with Crippen LogP contribution >= 0.6 is 12.2 Å². The molecule has 0 amide bonds. The maximum Gasteiger partial charge on any atom is 0.269 e. The minimum Gasteiger partial charge on any atom is -0.493 e. The highest BCUT2D eigenvalue weighted by Crippen LogP contribution is 2.39. The number of thiocarbonyl (C=S) groups is 1. The Morgan fingerprint density at radius 1 is 1.06 bits per heavy atom. The van der Waals surface area contributed by atoms with Gasteiger partial charge in [0.25, 0.3) is 5.69 Å². The maximum absolute atomic E-state index is 11.0. The number of anilines is 1. The highest BCUT2D eigenvalue weighted by Gasteiger charge is 2.31. The van der Waals surface area contributed by atoms with Gasteiger partial charge in [-0.2, -0.15) is 0 Å². The fourth-order valence-electron chi connectivity index (χ4n) is 4.53. The summed E-state index contributed by atoms with van der Waals surface area (Å²) in [6.45, 7) is 5.08. The van der Waals surface area contributed by atoms with Gasteiger partial charge in [0.2, 0.25) is 0 Å². The van der Waals surface area contributed by atoms with Gasteiger partial charge in [-0.3, -0.25) is 10.1 Å². The van der Waals surface area contributed by atoms with Crippen LogP contribution in [0.1, 0.15) is 28.3 Å². The van der Waals surface area contributed by atoms with E-state index >= 15 is 0 Å². The lowest BCUT2D eigenvalue weighted by Gasteiger charge is -2.39. The van der Waals surface area contributed by atoms with Gasteiger partial charge in [-0.05, 0) is 91.1 Å². The van der Waals surface area contributed by atoms with Gasteiger partial charge >= 0.3 is 0 Å². The highest BCUT2D eigenvalue weighted by atomic mass is 32.1. The van der Waals surface area contributed by atoms with Crippen molar-refractivity contribution in [1.29, 1.82) is 0 Å². The number of non-ortho nitro benzene ring substituents is 1. The number of aryl methyl sites for hydroxylation is 2. The van der Waals surface area contributed by atoms with E-state index in [0.717, 1.165) is 34.4 Å². The molecule has 0 radical (unpaired) electrons. The topological polar surface area (TPSA) is 86.1 Å². The molecule has 4 rings (SSSR count). The summed E-state index contributed by atoms with van der Waals surface area (Å²) in [5.74, 6) is 1.85. The number of nitro groups is 1. The minimum absolute atomic E-state index is 0.0163. The van der Waals surface area contributed by atoms with Gasteiger partial charge in [0.15, 0.2) is 16.6 Å². The van der Waals surface area contributed by atoms with Crippen LogP contribution in [-0.2, 0) is 6.42 Å². The van der Waals surface area contributed by atoms with E-state index in [4.69, 9.17) is 26.4 Å². The lowest BCUT2D eigenvalue weighted by atomic mass is 9.92. The van der Waals surface area contributed by atoms with E-state index in [-0.39, 0.29) is 18.3 Å². The molecule has 1 atom stereocenters. The van der Waals surface area contributed by atoms with Crippen LogP contribution in [0.5, 0.6) is 17.2 Å². The summed E-state index contributed by atoms with van der Waals surface area (Å²) in [5.41, 5.74) is 5.42. The summed E-state index contributed by atoms with van der Waals surface area (Å²) < 4.78 is 17.2. The fraction of sp³-hybridized carbons (Fsp3) is 0.296. The average molecular weight is 508 g/mol. The zero-order chi connectivity index (χ0) is 25.8. The molecule has 1 unspecified atom stereocenters. The van der Waals surface area contributed by atoms with Gasteiger partial charge in [0, 0.05) is 24.4 Å². The number of benzene rings is 3. The van der Waals surface area contributed by atoms with Crippen LogP contribution in [0.15, 0.2) is 54.6 Å². The molecule has 0 aliphatic carbocycles. The molecular weight excluding hydrogens is 478 g/mol. The predicted molar refractivity (Wildman–Crippen MR) is 143 cm³/mol. The number of ether oxygens (including phenoxy) is 3. The first kappa shape index (κ1) is 25.2. The number of nitrogens with one attached hydrogen (secondary N) is 1. The molecule has 0 saturated carbocycles. The standard InChI is InChI=1S/C27H29N3O5S/c1-17-11-18(2)13-20(12-17)28-27(36)29-10-9-19-14-25(33-3)26(34-4)15-23(19)24(29)16-35-22-7-5-21(6-8-22)30(31)32/h5-8,11-15,24H,9-10,16H2,1-4H3,(H,28,36). The average Bonchev–Trinajstić information content (AvgIpc) is 2.85. The molecule has 8 nitrogen and oxygen atoms in total. The highest BCUT2D eigenvalue weighted by molar-refractivity contribution is 7.80. The van der Waals surface area contributed by atoms with Crippen LogP contribution in [0.4, 0.5) is 11.4 Å². The quantitative estimate of drug-likeness (QED) is 0.251. The summed E-state index contributed by atoms with van der Waals surface area (Å²) in [7, 11) is 3.23. The van der Waals surface area contributed by atoms with Gasteiger partial charge in [0.05, 0.1) is 25.2 Å². The number of rotatable bonds is 7. The Kier molecular flexibility index (Phi) is 7.59. The van der Waals surface area contributed by atoms with Crippen LogP contribution in [0.3, 0.4) is 0 Å². The van der Waals surface area contributed by atoms with Gasteiger partial charge in [-0.1, -0.05) is 6.07 Å². The molecule has 0 fully saturated rings. The first-order valence-electron chi connectivity index (χ1n) is 11.6. The molecule has 0 aromatic heterocycles. The third-order valence-corrected chi connectivity index (χ3v) is 6.53. The summed E-state index contributed by atoms with van der Waals surface area (Å²) in [4.78, 5) is 12.7. The van der Waals surface area contributed by atoms with Gasteiger partial charge in [-0.15, -0.1) is 0 Å². The van der Waals surface area contributed by atoms with Gasteiger partial charge < -0.3 is 24.4 Å². The van der Waals surface area contributed by atoms with E-state index in [1.54, 1.807) is 26.4 Å². The van der Waals surface area contributed by atoms with Gasteiger partial charge in [0.1, 0.15) is 12.4 Å².